The maximum atomic E-state index is 15.4. The third kappa shape index (κ3) is 18.8. The van der Waals surface area contributed by atoms with Gasteiger partial charge in [-0.15, -0.1) is 6.58 Å². The van der Waals surface area contributed by atoms with Gasteiger partial charge in [0.05, 0.1) is 23.6 Å². The van der Waals surface area contributed by atoms with Gasteiger partial charge in [-0.25, -0.2) is 0 Å². The Morgan fingerprint density at radius 2 is 1.29 bits per heavy atom. The van der Waals surface area contributed by atoms with E-state index < -0.39 is 166 Å². The van der Waals surface area contributed by atoms with Gasteiger partial charge in [0.25, 0.3) is 0 Å². The molecule has 0 bridgehead atoms. The van der Waals surface area contributed by atoms with Crippen LogP contribution in [0.3, 0.4) is 0 Å². The maximum Gasteiger partial charge on any atom is 0.417 e. The number of aryl methyl sites for hydroxylation is 1. The standard InChI is InChI=1S/C71H106ClF3N12O12/c1-13-23-50-63(93)80(8)45(6)62(92)87-37-31-53(87)66(96)82(10)55(40-46-24-16-14-17-25-46)65(95)79(7)42-57(88)76-51(30-28-47-27-29-48(49(72)39-47)71(73,74)75)64(94)86-36-22-26-52(86)61(91)78-70(32-18-19-33-70)69(99)84(12)59(44(4)5)68(98)83(11)56(67(97)85-34-20-15-21-35-85)41-58(89)81(9)54(38-43(2)3)60(90)77-50/h13,27,29,39,43-46,50-56,59H,1,14-26,28,30-38,40-42H2,2-12H3,(H,76,88)(H,77,90)(H,78,91)/t45-,50-,51-,52-,53-,54-,55-,56-,59-/m0/s1. The minimum absolute atomic E-state index is 0.0183. The topological polar surface area (TPSA) is 270 Å². The Morgan fingerprint density at radius 3 is 1.88 bits per heavy atom. The minimum atomic E-state index is -4.76. The van der Waals surface area contributed by atoms with E-state index in [1.165, 1.54) is 95.7 Å². The minimum Gasteiger partial charge on any atom is -0.343 e. The highest BCUT2D eigenvalue weighted by Crippen LogP contribution is 2.37. The number of nitrogens with one attached hydrogen (secondary N) is 3. The van der Waals surface area contributed by atoms with Crippen LogP contribution in [0.15, 0.2) is 30.9 Å². The molecule has 24 nitrogen and oxygen atoms in total. The summed E-state index contributed by atoms with van der Waals surface area (Å²) >= 11 is 6.15. The van der Waals surface area contributed by atoms with Crippen LogP contribution in [0.5, 0.6) is 0 Å². The summed E-state index contributed by atoms with van der Waals surface area (Å²) in [7, 11) is 8.51. The summed E-state index contributed by atoms with van der Waals surface area (Å²) in [6.07, 6.45) is 4.58. The van der Waals surface area contributed by atoms with Crippen molar-refractivity contribution in [1.82, 2.24) is 60.0 Å². The lowest BCUT2D eigenvalue weighted by Crippen LogP contribution is -2.65. The van der Waals surface area contributed by atoms with Gasteiger partial charge in [0.1, 0.15) is 59.9 Å². The van der Waals surface area contributed by atoms with Crippen molar-refractivity contribution in [3.8, 4) is 0 Å². The second-order valence-corrected chi connectivity index (χ2v) is 29.6. The number of amides is 12. The molecule has 3 N–H and O–H groups in total. The quantitative estimate of drug-likeness (QED) is 0.230. The number of nitrogens with zero attached hydrogens (tertiary/aromatic N) is 9. The molecule has 12 amide bonds. The number of likely N-dealkylation sites (N-methyl/N-ethyl adjacent to an activating group) is 6. The number of rotatable bonds is 11. The van der Waals surface area contributed by atoms with Crippen molar-refractivity contribution in [3.05, 3.63) is 47.0 Å². The molecule has 2 saturated carbocycles. The van der Waals surface area contributed by atoms with E-state index in [0.29, 0.717) is 50.8 Å². The SMILES string of the molecule is C=CC[C@@H]1NC(=O)[C@H](CC(C)C)N(C)C(=O)C[C@@H](C(=O)N2CCCCC2)N(C)C(=O)[C@H](C(C)C)N(C)C(=O)C2(CCCC2)NC(=O)[C@@H]2CCCN2C(=O)[C@H](CCc2ccc(C(F)(F)F)c(Cl)c2)NC(=O)CN(C)C(=O)[C@H](CC2CCCCC2)N(C)C(=O)[C@@H]2CCN2C(=O)[C@H](C)N(C)C1=O. The highest BCUT2D eigenvalue weighted by Gasteiger charge is 2.51. The number of fused-ring (bicyclic) bond motifs is 2. The van der Waals surface area contributed by atoms with Crippen molar-refractivity contribution in [2.75, 3.05) is 75.0 Å². The first-order chi connectivity index (χ1) is 46.6. The number of hydrogen-bond acceptors (Lipinski definition) is 12. The molecule has 9 atom stereocenters. The number of carbonyl (C=O) groups excluding carboxylic acids is 12. The van der Waals surface area contributed by atoms with Gasteiger partial charge in [0, 0.05) is 68.5 Å². The summed E-state index contributed by atoms with van der Waals surface area (Å²) in [5.41, 5.74) is -2.36. The summed E-state index contributed by atoms with van der Waals surface area (Å²) in [6.45, 7) is 12.7. The molecule has 1 aromatic rings. The van der Waals surface area contributed by atoms with E-state index in [0.717, 1.165) is 55.6 Å². The van der Waals surface area contributed by atoms with Crippen LogP contribution in [0.25, 0.3) is 0 Å². The zero-order valence-corrected chi connectivity index (χ0v) is 60.5. The fraction of sp³-hybridized carbons (Fsp3) is 0.718. The van der Waals surface area contributed by atoms with Crippen LogP contribution in [-0.4, -0.2) is 250 Å². The summed E-state index contributed by atoms with van der Waals surface area (Å²) in [5, 5.41) is 8.02. The van der Waals surface area contributed by atoms with Crippen molar-refractivity contribution in [3.63, 3.8) is 0 Å². The molecule has 1 spiro atoms. The number of likely N-dealkylation sites (tertiary alicyclic amines) is 1. The third-order valence-electron chi connectivity index (χ3n) is 21.4. The molecule has 2 aliphatic carbocycles. The molecular weight excluding hydrogens is 1310 g/mol. The molecule has 28 heteroatoms. The number of benzene rings is 1. The predicted molar refractivity (Wildman–Crippen MR) is 364 cm³/mol. The fourth-order valence-corrected chi connectivity index (χ4v) is 15.6. The van der Waals surface area contributed by atoms with Crippen molar-refractivity contribution in [2.45, 2.75) is 236 Å². The average Bonchev–Trinajstić information content (AvgIpc) is 1.22. The highest BCUT2D eigenvalue weighted by atomic mass is 35.5. The van der Waals surface area contributed by atoms with Gasteiger partial charge >= 0.3 is 6.18 Å². The van der Waals surface area contributed by atoms with Crippen LogP contribution >= 0.6 is 11.6 Å². The molecule has 1 aromatic carbocycles. The van der Waals surface area contributed by atoms with Crippen LogP contribution in [0.4, 0.5) is 13.2 Å². The van der Waals surface area contributed by atoms with E-state index in [4.69, 9.17) is 11.6 Å². The number of alkyl halides is 3. The monoisotopic (exact) mass is 1410 g/mol. The smallest absolute Gasteiger partial charge is 0.343 e. The lowest BCUT2D eigenvalue weighted by atomic mass is 9.84. The molecule has 0 unspecified atom stereocenters. The molecule has 4 saturated heterocycles. The molecular formula is C71H106ClF3N12O12. The van der Waals surface area contributed by atoms with Gasteiger partial charge in [0.15, 0.2) is 0 Å². The van der Waals surface area contributed by atoms with Gasteiger partial charge in [-0.3, -0.25) is 57.5 Å². The van der Waals surface area contributed by atoms with Crippen molar-refractivity contribution < 1.29 is 70.7 Å². The Bertz CT molecular complexity index is 3150. The Kier molecular flexibility index (Phi) is 27.4. The van der Waals surface area contributed by atoms with Gasteiger partial charge in [-0.2, -0.15) is 13.2 Å². The van der Waals surface area contributed by atoms with Gasteiger partial charge in [-0.1, -0.05) is 96.4 Å². The van der Waals surface area contributed by atoms with Crippen LogP contribution < -0.4 is 16.0 Å². The molecule has 4 heterocycles. The lowest BCUT2D eigenvalue weighted by molar-refractivity contribution is -0.160. The summed E-state index contributed by atoms with van der Waals surface area (Å²) in [6, 6.07) is -8.02. The molecule has 99 heavy (non-hydrogen) atoms. The Labute approximate surface area is 586 Å². The van der Waals surface area contributed by atoms with Gasteiger partial charge in [0.2, 0.25) is 70.9 Å². The normalized spacial score (nSPS) is 27.6. The number of halogens is 4. The third-order valence-corrected chi connectivity index (χ3v) is 21.7. The van der Waals surface area contributed by atoms with Crippen LogP contribution in [0.1, 0.15) is 174 Å². The summed E-state index contributed by atoms with van der Waals surface area (Å²) in [4.78, 5) is 191. The van der Waals surface area contributed by atoms with Gasteiger partial charge in [-0.05, 0) is 126 Å². The molecule has 6 fully saturated rings. The van der Waals surface area contributed by atoms with Crippen molar-refractivity contribution >= 4 is 82.5 Å². The first kappa shape index (κ1) is 79.0. The fourth-order valence-electron chi connectivity index (χ4n) is 15.3. The second kappa shape index (κ2) is 34.4. The highest BCUT2D eigenvalue weighted by molar-refractivity contribution is 6.31. The van der Waals surface area contributed by atoms with Crippen molar-refractivity contribution in [2.24, 2.45) is 17.8 Å². The Balaban J connectivity index is 1.28. The predicted octanol–water partition coefficient (Wildman–Crippen LogP) is 5.56. The molecule has 4 aliphatic heterocycles. The van der Waals surface area contributed by atoms with Crippen LogP contribution in [-0.2, 0) is 70.1 Å². The Hall–Kier alpha value is -7.32. The summed E-state index contributed by atoms with van der Waals surface area (Å²) in [5.74, 6) is -8.62. The molecule has 6 aliphatic rings. The summed E-state index contributed by atoms with van der Waals surface area (Å²) < 4.78 is 41.6. The van der Waals surface area contributed by atoms with E-state index in [1.54, 1.807) is 18.7 Å². The van der Waals surface area contributed by atoms with Gasteiger partial charge < -0.3 is 60.0 Å². The zero-order chi connectivity index (χ0) is 73.1. The van der Waals surface area contributed by atoms with E-state index in [2.05, 4.69) is 22.5 Å². The molecule has 550 valence electrons. The van der Waals surface area contributed by atoms with E-state index in [-0.39, 0.29) is 82.7 Å². The largest absolute Gasteiger partial charge is 0.417 e. The number of hydrogen-bond donors (Lipinski definition) is 3. The first-order valence-corrected chi connectivity index (χ1v) is 35.9. The molecule has 0 aromatic heterocycles. The average molecular weight is 1410 g/mol. The Morgan fingerprint density at radius 1 is 0.657 bits per heavy atom. The zero-order valence-electron chi connectivity index (χ0n) is 59.8. The van der Waals surface area contributed by atoms with Crippen molar-refractivity contribution in [1.29, 1.82) is 0 Å². The maximum absolute atomic E-state index is 15.4. The number of piperidine rings is 1. The molecule has 0 radical (unpaired) electrons. The first-order valence-electron chi connectivity index (χ1n) is 35.5. The van der Waals surface area contributed by atoms with Crippen LogP contribution in [0.2, 0.25) is 5.02 Å². The van der Waals surface area contributed by atoms with E-state index in [9.17, 15) is 51.5 Å². The molecule has 7 rings (SSSR count). The van der Waals surface area contributed by atoms with Crippen LogP contribution in [0, 0.1) is 17.8 Å². The second-order valence-electron chi connectivity index (χ2n) is 29.2. The number of carbonyl (C=O) groups is 12. The van der Waals surface area contributed by atoms with E-state index in [1.807, 2.05) is 13.8 Å². The lowest BCUT2D eigenvalue weighted by Gasteiger charge is -2.45. The van der Waals surface area contributed by atoms with E-state index >= 15 is 19.2 Å².